The first-order chi connectivity index (χ1) is 5.41. The first kappa shape index (κ1) is 11.2. The van der Waals surface area contributed by atoms with Crippen molar-refractivity contribution in [2.24, 2.45) is 0 Å². The number of hydrogen-bond acceptors (Lipinski definition) is 0. The SMILES string of the molecule is CCCC=CCCCCCBr. The molecule has 0 aromatic heterocycles. The topological polar surface area (TPSA) is 0 Å². The average Bonchev–Trinajstić information content (AvgIpc) is 2.03. The summed E-state index contributed by atoms with van der Waals surface area (Å²) in [7, 11) is 0. The second-order valence-corrected chi connectivity index (χ2v) is 3.59. The molecule has 0 aliphatic rings. The lowest BCUT2D eigenvalue weighted by Gasteiger charge is -1.92. The van der Waals surface area contributed by atoms with E-state index in [1.54, 1.807) is 0 Å². The maximum atomic E-state index is 3.43. The maximum Gasteiger partial charge on any atom is 0.00313 e. The molecule has 0 aliphatic carbocycles. The Bertz CT molecular complexity index is 86.9. The van der Waals surface area contributed by atoms with Gasteiger partial charge in [-0.1, -0.05) is 47.8 Å². The molecular formula is C10H19Br. The Kier molecular flexibility index (Phi) is 10.4. The Morgan fingerprint density at radius 2 is 1.73 bits per heavy atom. The molecule has 0 fully saturated rings. The van der Waals surface area contributed by atoms with Gasteiger partial charge in [-0.05, 0) is 25.7 Å². The standard InChI is InChI=1S/C10H19Br/c1-2-3-4-5-6-7-8-9-10-11/h4-5H,2-3,6-10H2,1H3. The summed E-state index contributed by atoms with van der Waals surface area (Å²) < 4.78 is 0. The van der Waals surface area contributed by atoms with E-state index in [0.29, 0.717) is 0 Å². The van der Waals surface area contributed by atoms with Crippen LogP contribution in [0.2, 0.25) is 0 Å². The number of hydrogen-bond donors (Lipinski definition) is 0. The molecule has 0 aliphatic heterocycles. The van der Waals surface area contributed by atoms with E-state index in [0.717, 1.165) is 5.33 Å². The lowest BCUT2D eigenvalue weighted by atomic mass is 10.2. The van der Waals surface area contributed by atoms with Crippen LogP contribution in [-0.2, 0) is 0 Å². The van der Waals surface area contributed by atoms with Gasteiger partial charge in [0.25, 0.3) is 0 Å². The summed E-state index contributed by atoms with van der Waals surface area (Å²) in [5.74, 6) is 0. The molecule has 0 saturated heterocycles. The second-order valence-electron chi connectivity index (χ2n) is 2.80. The van der Waals surface area contributed by atoms with Crippen LogP contribution >= 0.6 is 15.9 Å². The van der Waals surface area contributed by atoms with E-state index in [2.05, 4.69) is 35.0 Å². The molecule has 0 heterocycles. The van der Waals surface area contributed by atoms with Crippen LogP contribution in [0.5, 0.6) is 0 Å². The molecule has 11 heavy (non-hydrogen) atoms. The molecule has 0 aromatic rings. The summed E-state index contributed by atoms with van der Waals surface area (Å²) in [6.07, 6.45) is 12.4. The van der Waals surface area contributed by atoms with Gasteiger partial charge in [0, 0.05) is 5.33 Å². The zero-order chi connectivity index (χ0) is 8.36. The van der Waals surface area contributed by atoms with Gasteiger partial charge in [0.1, 0.15) is 0 Å². The number of rotatable bonds is 7. The van der Waals surface area contributed by atoms with Gasteiger partial charge in [-0.3, -0.25) is 0 Å². The highest BCUT2D eigenvalue weighted by atomic mass is 79.9. The van der Waals surface area contributed by atoms with Crippen LogP contribution in [-0.4, -0.2) is 5.33 Å². The van der Waals surface area contributed by atoms with Crippen molar-refractivity contribution in [1.82, 2.24) is 0 Å². The first-order valence-corrected chi connectivity index (χ1v) is 5.75. The minimum Gasteiger partial charge on any atom is -0.0928 e. The molecule has 1 heteroatoms. The third kappa shape index (κ3) is 10.2. The van der Waals surface area contributed by atoms with Gasteiger partial charge in [-0.2, -0.15) is 0 Å². The monoisotopic (exact) mass is 218 g/mol. The van der Waals surface area contributed by atoms with Crippen molar-refractivity contribution in [3.63, 3.8) is 0 Å². The van der Waals surface area contributed by atoms with E-state index < -0.39 is 0 Å². The van der Waals surface area contributed by atoms with E-state index in [1.807, 2.05) is 0 Å². The summed E-state index contributed by atoms with van der Waals surface area (Å²) in [6, 6.07) is 0. The molecule has 66 valence electrons. The van der Waals surface area contributed by atoms with Crippen molar-refractivity contribution >= 4 is 15.9 Å². The van der Waals surface area contributed by atoms with Crippen LogP contribution in [0.1, 0.15) is 45.4 Å². The second kappa shape index (κ2) is 10.2. The molecule has 0 atom stereocenters. The molecule has 0 nitrogen and oxygen atoms in total. The smallest absolute Gasteiger partial charge is 0.00313 e. The number of unbranched alkanes of at least 4 members (excludes halogenated alkanes) is 4. The van der Waals surface area contributed by atoms with E-state index in [4.69, 9.17) is 0 Å². The number of alkyl halides is 1. The molecule has 0 aromatic carbocycles. The highest BCUT2D eigenvalue weighted by Crippen LogP contribution is 2.03. The van der Waals surface area contributed by atoms with Gasteiger partial charge in [0.2, 0.25) is 0 Å². The van der Waals surface area contributed by atoms with Gasteiger partial charge in [0.05, 0.1) is 0 Å². The van der Waals surface area contributed by atoms with E-state index in [9.17, 15) is 0 Å². The number of allylic oxidation sites excluding steroid dienone is 2. The molecule has 0 bridgehead atoms. The Labute approximate surface area is 79.2 Å². The van der Waals surface area contributed by atoms with Crippen molar-refractivity contribution < 1.29 is 0 Å². The van der Waals surface area contributed by atoms with Crippen molar-refractivity contribution in [2.75, 3.05) is 5.33 Å². The van der Waals surface area contributed by atoms with Crippen LogP contribution in [0.15, 0.2) is 12.2 Å². The Hall–Kier alpha value is 0.220. The highest BCUT2D eigenvalue weighted by Gasteiger charge is 1.84. The van der Waals surface area contributed by atoms with Crippen molar-refractivity contribution in [3.05, 3.63) is 12.2 Å². The van der Waals surface area contributed by atoms with Gasteiger partial charge in [-0.15, -0.1) is 0 Å². The minimum atomic E-state index is 1.16. The molecule has 0 spiro atoms. The summed E-state index contributed by atoms with van der Waals surface area (Å²) >= 11 is 3.43. The molecule has 0 radical (unpaired) electrons. The fourth-order valence-corrected chi connectivity index (χ4v) is 1.33. The largest absolute Gasteiger partial charge is 0.0928 e. The summed E-state index contributed by atoms with van der Waals surface area (Å²) in [5, 5.41) is 1.16. The van der Waals surface area contributed by atoms with Crippen molar-refractivity contribution in [2.45, 2.75) is 45.4 Å². The molecule has 0 saturated carbocycles. The van der Waals surface area contributed by atoms with Crippen LogP contribution in [0, 0.1) is 0 Å². The number of halogens is 1. The van der Waals surface area contributed by atoms with Crippen LogP contribution < -0.4 is 0 Å². The first-order valence-electron chi connectivity index (χ1n) is 4.62. The Morgan fingerprint density at radius 3 is 2.36 bits per heavy atom. The summed E-state index contributed by atoms with van der Waals surface area (Å²) in [4.78, 5) is 0. The van der Waals surface area contributed by atoms with Gasteiger partial charge in [0.15, 0.2) is 0 Å². The average molecular weight is 219 g/mol. The molecule has 0 N–H and O–H groups in total. The lowest BCUT2D eigenvalue weighted by Crippen LogP contribution is -1.75. The normalized spacial score (nSPS) is 11.1. The third-order valence-electron chi connectivity index (χ3n) is 1.63. The van der Waals surface area contributed by atoms with Crippen molar-refractivity contribution in [1.29, 1.82) is 0 Å². The predicted octanol–water partition coefficient (Wildman–Crippen LogP) is 4.30. The molecule has 0 rings (SSSR count). The fraction of sp³-hybridized carbons (Fsp3) is 0.800. The fourth-order valence-electron chi connectivity index (χ4n) is 0.936. The predicted molar refractivity (Wildman–Crippen MR) is 56.3 cm³/mol. The summed E-state index contributed by atoms with van der Waals surface area (Å²) in [5.41, 5.74) is 0. The Morgan fingerprint density at radius 1 is 1.00 bits per heavy atom. The van der Waals surface area contributed by atoms with E-state index in [-0.39, 0.29) is 0 Å². The maximum absolute atomic E-state index is 3.43. The zero-order valence-corrected chi connectivity index (χ0v) is 9.07. The molecular weight excluding hydrogens is 200 g/mol. The zero-order valence-electron chi connectivity index (χ0n) is 7.48. The van der Waals surface area contributed by atoms with Crippen LogP contribution in [0.25, 0.3) is 0 Å². The molecule has 0 unspecified atom stereocenters. The van der Waals surface area contributed by atoms with Crippen molar-refractivity contribution in [3.8, 4) is 0 Å². The van der Waals surface area contributed by atoms with E-state index in [1.165, 1.54) is 38.5 Å². The lowest BCUT2D eigenvalue weighted by molar-refractivity contribution is 0.735. The van der Waals surface area contributed by atoms with Crippen LogP contribution in [0.3, 0.4) is 0 Å². The van der Waals surface area contributed by atoms with Gasteiger partial charge in [-0.25, -0.2) is 0 Å². The van der Waals surface area contributed by atoms with Gasteiger partial charge >= 0.3 is 0 Å². The van der Waals surface area contributed by atoms with Crippen LogP contribution in [0.4, 0.5) is 0 Å². The minimum absolute atomic E-state index is 1.16. The summed E-state index contributed by atoms with van der Waals surface area (Å²) in [6.45, 7) is 2.22. The van der Waals surface area contributed by atoms with E-state index >= 15 is 0 Å². The highest BCUT2D eigenvalue weighted by molar-refractivity contribution is 9.09. The van der Waals surface area contributed by atoms with Gasteiger partial charge < -0.3 is 0 Å². The Balaban J connectivity index is 2.89. The molecule has 0 amide bonds. The third-order valence-corrected chi connectivity index (χ3v) is 2.19. The quantitative estimate of drug-likeness (QED) is 0.340.